The number of hydrogen-bond acceptors (Lipinski definition) is 5. The summed E-state index contributed by atoms with van der Waals surface area (Å²) >= 11 is 0. The second-order valence-electron chi connectivity index (χ2n) is 9.03. The number of sulfonamides is 1. The number of amides is 1. The Morgan fingerprint density at radius 1 is 1.14 bits per heavy atom. The molecule has 0 saturated carbocycles. The van der Waals surface area contributed by atoms with Gasteiger partial charge in [-0.25, -0.2) is 13.4 Å². The smallest absolute Gasteiger partial charge is 0.243 e. The maximum atomic E-state index is 13.3. The minimum atomic E-state index is -3.60. The van der Waals surface area contributed by atoms with E-state index in [1.165, 1.54) is 4.31 Å². The van der Waals surface area contributed by atoms with Crippen LogP contribution in [0.5, 0.6) is 5.75 Å². The van der Waals surface area contributed by atoms with E-state index < -0.39 is 16.1 Å². The minimum Gasteiger partial charge on any atom is -0.496 e. The van der Waals surface area contributed by atoms with Gasteiger partial charge in [-0.3, -0.25) is 4.79 Å². The van der Waals surface area contributed by atoms with Crippen molar-refractivity contribution < 1.29 is 17.9 Å². The molecule has 1 aliphatic heterocycles. The van der Waals surface area contributed by atoms with Crippen LogP contribution >= 0.6 is 0 Å². The lowest BCUT2D eigenvalue weighted by Gasteiger charge is -2.32. The average molecular weight is 497 g/mol. The lowest BCUT2D eigenvalue weighted by molar-refractivity contribution is -0.126. The van der Waals surface area contributed by atoms with E-state index in [-0.39, 0.29) is 11.8 Å². The van der Waals surface area contributed by atoms with Crippen molar-refractivity contribution >= 4 is 15.9 Å². The molecule has 1 aliphatic rings. The van der Waals surface area contributed by atoms with Crippen molar-refractivity contribution in [3.63, 3.8) is 0 Å². The molecule has 1 saturated heterocycles. The first-order chi connectivity index (χ1) is 16.7. The molecule has 35 heavy (non-hydrogen) atoms. The highest BCUT2D eigenvalue weighted by molar-refractivity contribution is 7.89. The van der Waals surface area contributed by atoms with Gasteiger partial charge in [0.1, 0.15) is 17.6 Å². The third kappa shape index (κ3) is 5.11. The fourth-order valence-electron chi connectivity index (χ4n) is 4.69. The number of imidazole rings is 1. The van der Waals surface area contributed by atoms with Crippen LogP contribution in [0.2, 0.25) is 0 Å². The molecule has 1 fully saturated rings. The summed E-state index contributed by atoms with van der Waals surface area (Å²) in [5, 5.41) is 3.15. The fourth-order valence-corrected chi connectivity index (χ4v) is 6.36. The van der Waals surface area contributed by atoms with Crippen LogP contribution < -0.4 is 10.1 Å². The van der Waals surface area contributed by atoms with Crippen LogP contribution in [-0.4, -0.2) is 48.4 Å². The zero-order chi connectivity index (χ0) is 25.2. The quantitative estimate of drug-likeness (QED) is 0.542. The average Bonchev–Trinajstić information content (AvgIpc) is 3.27. The van der Waals surface area contributed by atoms with Crippen molar-refractivity contribution in [3.8, 4) is 5.75 Å². The molecule has 1 amide bonds. The van der Waals surface area contributed by atoms with Crippen molar-refractivity contribution in [1.82, 2.24) is 19.2 Å². The van der Waals surface area contributed by atoms with Crippen LogP contribution in [0.25, 0.3) is 0 Å². The van der Waals surface area contributed by atoms with E-state index in [0.29, 0.717) is 42.4 Å². The monoisotopic (exact) mass is 496 g/mol. The molecule has 4 rings (SSSR count). The van der Waals surface area contributed by atoms with Crippen molar-refractivity contribution in [2.45, 2.75) is 37.6 Å². The van der Waals surface area contributed by atoms with E-state index in [0.717, 1.165) is 16.7 Å². The van der Waals surface area contributed by atoms with Gasteiger partial charge in [-0.05, 0) is 44.4 Å². The molecular formula is C26H32N4O4S. The molecule has 0 spiro atoms. The van der Waals surface area contributed by atoms with Crippen LogP contribution in [0.3, 0.4) is 0 Å². The normalized spacial score (nSPS) is 16.1. The Morgan fingerprint density at radius 3 is 2.49 bits per heavy atom. The molecule has 0 unspecified atom stereocenters. The number of carbonyl (C=O) groups is 1. The summed E-state index contributed by atoms with van der Waals surface area (Å²) in [6.45, 7) is 4.36. The molecule has 1 N–H and O–H groups in total. The number of para-hydroxylation sites is 1. The Kier molecular flexibility index (Phi) is 7.28. The molecular weight excluding hydrogens is 464 g/mol. The second-order valence-corrected chi connectivity index (χ2v) is 10.9. The van der Waals surface area contributed by atoms with Gasteiger partial charge in [-0.1, -0.05) is 35.9 Å². The SMILES string of the molecule is COc1ccccc1[C@H](NC(=O)C1CCN(S(=O)(=O)c2ccc(C)cc2C)CC1)c1nccn1C. The number of aryl methyl sites for hydroxylation is 3. The Bertz CT molecular complexity index is 1310. The number of piperidine rings is 1. The summed E-state index contributed by atoms with van der Waals surface area (Å²) in [5.41, 5.74) is 2.57. The molecule has 2 heterocycles. The van der Waals surface area contributed by atoms with E-state index in [2.05, 4.69) is 10.3 Å². The van der Waals surface area contributed by atoms with Crippen LogP contribution in [-0.2, 0) is 21.9 Å². The van der Waals surface area contributed by atoms with Gasteiger partial charge in [0.15, 0.2) is 0 Å². The summed E-state index contributed by atoms with van der Waals surface area (Å²) in [6, 6.07) is 12.4. The second kappa shape index (κ2) is 10.2. The van der Waals surface area contributed by atoms with Crippen molar-refractivity contribution in [2.24, 2.45) is 13.0 Å². The van der Waals surface area contributed by atoms with Gasteiger partial charge in [0.25, 0.3) is 0 Å². The number of methoxy groups -OCH3 is 1. The number of nitrogens with zero attached hydrogens (tertiary/aromatic N) is 3. The number of ether oxygens (including phenoxy) is 1. The number of benzene rings is 2. The van der Waals surface area contributed by atoms with E-state index >= 15 is 0 Å². The van der Waals surface area contributed by atoms with Gasteiger partial charge < -0.3 is 14.6 Å². The maximum Gasteiger partial charge on any atom is 0.243 e. The summed E-state index contributed by atoms with van der Waals surface area (Å²) in [6.07, 6.45) is 4.44. The van der Waals surface area contributed by atoms with E-state index in [9.17, 15) is 13.2 Å². The third-order valence-electron chi connectivity index (χ3n) is 6.63. The molecule has 8 nitrogen and oxygen atoms in total. The highest BCUT2D eigenvalue weighted by atomic mass is 32.2. The predicted octanol–water partition coefficient (Wildman–Crippen LogP) is 3.35. The van der Waals surface area contributed by atoms with Crippen molar-refractivity contribution in [3.05, 3.63) is 77.4 Å². The fraction of sp³-hybridized carbons (Fsp3) is 0.385. The van der Waals surface area contributed by atoms with Crippen LogP contribution in [0.1, 0.15) is 41.4 Å². The highest BCUT2D eigenvalue weighted by Crippen LogP contribution is 2.31. The van der Waals surface area contributed by atoms with Crippen molar-refractivity contribution in [1.29, 1.82) is 0 Å². The molecule has 0 radical (unpaired) electrons. The number of aromatic nitrogens is 2. The van der Waals surface area contributed by atoms with E-state index in [1.54, 1.807) is 19.4 Å². The van der Waals surface area contributed by atoms with Gasteiger partial charge in [-0.2, -0.15) is 4.31 Å². The first kappa shape index (κ1) is 24.9. The molecule has 3 aromatic rings. The zero-order valence-corrected chi connectivity index (χ0v) is 21.4. The standard InChI is InChI=1S/C26H32N4O4S/c1-18-9-10-23(19(2)17-18)35(32,33)30-14-11-20(12-15-30)26(31)28-24(25-27-13-16-29(25)3)21-7-5-6-8-22(21)34-4/h5-10,13,16-17,20,24H,11-12,14-15H2,1-4H3,(H,28,31)/t24-/m0/s1. The lowest BCUT2D eigenvalue weighted by Crippen LogP contribution is -2.44. The molecule has 0 aliphatic carbocycles. The lowest BCUT2D eigenvalue weighted by atomic mass is 9.96. The summed E-state index contributed by atoms with van der Waals surface area (Å²) in [7, 11) is -0.121. The van der Waals surface area contributed by atoms with Crippen LogP contribution in [0.4, 0.5) is 0 Å². The van der Waals surface area contributed by atoms with Gasteiger partial charge in [0.05, 0.1) is 12.0 Å². The molecule has 1 aromatic heterocycles. The van der Waals surface area contributed by atoms with Crippen molar-refractivity contribution in [2.75, 3.05) is 20.2 Å². The first-order valence-electron chi connectivity index (χ1n) is 11.7. The summed E-state index contributed by atoms with van der Waals surface area (Å²) in [4.78, 5) is 18.1. The highest BCUT2D eigenvalue weighted by Gasteiger charge is 2.34. The Morgan fingerprint density at radius 2 is 1.86 bits per heavy atom. The van der Waals surface area contributed by atoms with Gasteiger partial charge in [-0.15, -0.1) is 0 Å². The number of rotatable bonds is 7. The van der Waals surface area contributed by atoms with Gasteiger partial charge in [0, 0.05) is 44.0 Å². The molecule has 186 valence electrons. The first-order valence-corrected chi connectivity index (χ1v) is 13.1. The molecule has 2 aromatic carbocycles. The number of carbonyl (C=O) groups excluding carboxylic acids is 1. The van der Waals surface area contributed by atoms with Crippen LogP contribution in [0.15, 0.2) is 59.8 Å². The molecule has 0 bridgehead atoms. The Hall–Kier alpha value is -3.17. The molecule has 9 heteroatoms. The Labute approximate surface area is 207 Å². The minimum absolute atomic E-state index is 0.118. The maximum absolute atomic E-state index is 13.3. The number of nitrogens with one attached hydrogen (secondary N) is 1. The third-order valence-corrected chi connectivity index (χ3v) is 8.69. The summed E-state index contributed by atoms with van der Waals surface area (Å²) in [5.74, 6) is 0.943. The predicted molar refractivity (Wildman–Crippen MR) is 134 cm³/mol. The topological polar surface area (TPSA) is 93.5 Å². The van der Waals surface area contributed by atoms with Gasteiger partial charge >= 0.3 is 0 Å². The van der Waals surface area contributed by atoms with E-state index in [4.69, 9.17) is 4.74 Å². The Balaban J connectivity index is 1.50. The largest absolute Gasteiger partial charge is 0.496 e. The zero-order valence-electron chi connectivity index (χ0n) is 20.6. The molecule has 1 atom stereocenters. The van der Waals surface area contributed by atoms with E-state index in [1.807, 2.05) is 68.1 Å². The van der Waals surface area contributed by atoms with Crippen LogP contribution in [0, 0.1) is 19.8 Å². The number of hydrogen-bond donors (Lipinski definition) is 1. The van der Waals surface area contributed by atoms with Gasteiger partial charge in [0.2, 0.25) is 15.9 Å². The summed E-state index contributed by atoms with van der Waals surface area (Å²) < 4.78 is 35.3.